The molecule has 2 unspecified atom stereocenters. The summed E-state index contributed by atoms with van der Waals surface area (Å²) in [7, 11) is 0. The van der Waals surface area contributed by atoms with Gasteiger partial charge >= 0.3 is 0 Å². The van der Waals surface area contributed by atoms with Crippen LogP contribution in [0.15, 0.2) is 0 Å². The van der Waals surface area contributed by atoms with Gasteiger partial charge in [-0.05, 0) is 44.1 Å². The molecule has 0 amide bonds. The van der Waals surface area contributed by atoms with E-state index < -0.39 is 0 Å². The van der Waals surface area contributed by atoms with Crippen LogP contribution < -0.4 is 5.32 Å². The van der Waals surface area contributed by atoms with E-state index in [1.807, 2.05) is 0 Å². The van der Waals surface area contributed by atoms with Gasteiger partial charge in [-0.3, -0.25) is 9.80 Å². The normalized spacial score (nSPS) is 47.3. The zero-order chi connectivity index (χ0) is 11.2. The molecule has 3 aliphatic heterocycles. The first-order chi connectivity index (χ1) is 8.42. The molecule has 1 saturated carbocycles. The van der Waals surface area contributed by atoms with Crippen molar-refractivity contribution in [3.05, 3.63) is 0 Å². The third-order valence-electron chi connectivity index (χ3n) is 5.84. The number of fused-ring (bicyclic) bond motifs is 3. The second-order valence-corrected chi connectivity index (χ2v) is 6.53. The van der Waals surface area contributed by atoms with E-state index in [-0.39, 0.29) is 0 Å². The highest BCUT2D eigenvalue weighted by molar-refractivity contribution is 5.03. The minimum Gasteiger partial charge on any atom is -0.314 e. The van der Waals surface area contributed by atoms with Crippen LogP contribution >= 0.6 is 0 Å². The Morgan fingerprint density at radius 2 is 1.76 bits per heavy atom. The van der Waals surface area contributed by atoms with Crippen molar-refractivity contribution < 1.29 is 0 Å². The number of piperazine rings is 1. The lowest BCUT2D eigenvalue weighted by atomic mass is 9.71. The summed E-state index contributed by atoms with van der Waals surface area (Å²) in [5.41, 5.74) is 0. The summed E-state index contributed by atoms with van der Waals surface area (Å²) in [5.74, 6) is 2.17. The van der Waals surface area contributed by atoms with Crippen LogP contribution in [0.5, 0.6) is 0 Å². The molecule has 0 bridgehead atoms. The van der Waals surface area contributed by atoms with Crippen LogP contribution in [0.25, 0.3) is 0 Å². The quantitative estimate of drug-likeness (QED) is 0.724. The molecule has 3 heterocycles. The van der Waals surface area contributed by atoms with Crippen LogP contribution in [-0.4, -0.2) is 61.2 Å². The standard InChI is InChI=1S/C14H25N3/c1-2-13-11(1)10-17-6-3-12(9-14(13)17)16-7-4-15-5-8-16/h11-15H,1-10H2/t11-,12?,13-,14?/m1/s1. The Hall–Kier alpha value is -0.120. The molecular formula is C14H25N3. The molecule has 0 radical (unpaired) electrons. The minimum atomic E-state index is 0.901. The Balaban J connectivity index is 1.42. The summed E-state index contributed by atoms with van der Waals surface area (Å²) in [4.78, 5) is 5.58. The number of nitrogens with zero attached hydrogens (tertiary/aromatic N) is 2. The summed E-state index contributed by atoms with van der Waals surface area (Å²) in [5, 5.41) is 3.48. The summed E-state index contributed by atoms with van der Waals surface area (Å²) in [6.45, 7) is 7.79. The molecule has 0 aromatic heterocycles. The van der Waals surface area contributed by atoms with E-state index >= 15 is 0 Å². The van der Waals surface area contributed by atoms with Crippen molar-refractivity contribution in [3.63, 3.8) is 0 Å². The van der Waals surface area contributed by atoms with Gasteiger partial charge in [-0.25, -0.2) is 0 Å². The smallest absolute Gasteiger partial charge is 0.0142 e. The molecule has 3 nitrogen and oxygen atoms in total. The summed E-state index contributed by atoms with van der Waals surface area (Å²) >= 11 is 0. The van der Waals surface area contributed by atoms with Crippen molar-refractivity contribution in [1.29, 1.82) is 0 Å². The molecule has 4 aliphatic rings. The van der Waals surface area contributed by atoms with Crippen LogP contribution in [0.4, 0.5) is 0 Å². The average Bonchev–Trinajstić information content (AvgIpc) is 2.61. The molecule has 4 atom stereocenters. The molecule has 4 rings (SSSR count). The van der Waals surface area contributed by atoms with Gasteiger partial charge in [0.05, 0.1) is 0 Å². The molecule has 3 heteroatoms. The Morgan fingerprint density at radius 3 is 2.53 bits per heavy atom. The van der Waals surface area contributed by atoms with Gasteiger partial charge in [0.15, 0.2) is 0 Å². The van der Waals surface area contributed by atoms with Crippen LogP contribution in [0.3, 0.4) is 0 Å². The van der Waals surface area contributed by atoms with E-state index in [0.29, 0.717) is 0 Å². The van der Waals surface area contributed by atoms with Crippen molar-refractivity contribution in [2.75, 3.05) is 39.3 Å². The van der Waals surface area contributed by atoms with Crippen LogP contribution in [0.2, 0.25) is 0 Å². The summed E-state index contributed by atoms with van der Waals surface area (Å²) in [6.07, 6.45) is 5.95. The molecular weight excluding hydrogens is 210 g/mol. The molecule has 1 aliphatic carbocycles. The molecule has 0 spiro atoms. The Labute approximate surface area is 105 Å². The zero-order valence-corrected chi connectivity index (χ0v) is 10.8. The molecule has 4 fully saturated rings. The van der Waals surface area contributed by atoms with Gasteiger partial charge in [0.25, 0.3) is 0 Å². The van der Waals surface area contributed by atoms with Crippen molar-refractivity contribution in [2.45, 2.75) is 37.8 Å². The lowest BCUT2D eigenvalue weighted by Gasteiger charge is -2.44. The van der Waals surface area contributed by atoms with E-state index in [9.17, 15) is 0 Å². The Morgan fingerprint density at radius 1 is 0.882 bits per heavy atom. The van der Waals surface area contributed by atoms with Crippen molar-refractivity contribution >= 4 is 0 Å². The number of piperidine rings is 1. The van der Waals surface area contributed by atoms with Crippen molar-refractivity contribution in [2.24, 2.45) is 11.8 Å². The van der Waals surface area contributed by atoms with E-state index in [2.05, 4.69) is 15.1 Å². The highest BCUT2D eigenvalue weighted by Crippen LogP contribution is 2.48. The maximum Gasteiger partial charge on any atom is 0.0142 e. The van der Waals surface area contributed by atoms with Crippen LogP contribution in [-0.2, 0) is 0 Å². The van der Waals surface area contributed by atoms with Crippen molar-refractivity contribution in [3.8, 4) is 0 Å². The Kier molecular flexibility index (Phi) is 2.67. The first-order valence-corrected chi connectivity index (χ1v) is 7.60. The van der Waals surface area contributed by atoms with Gasteiger partial charge in [-0.2, -0.15) is 0 Å². The predicted octanol–water partition coefficient (Wildman–Crippen LogP) is 0.764. The zero-order valence-electron chi connectivity index (χ0n) is 10.8. The molecule has 0 aromatic carbocycles. The first kappa shape index (κ1) is 10.8. The van der Waals surface area contributed by atoms with Crippen molar-refractivity contribution in [1.82, 2.24) is 15.1 Å². The predicted molar refractivity (Wildman–Crippen MR) is 69.0 cm³/mol. The lowest BCUT2D eigenvalue weighted by Crippen LogP contribution is -2.54. The molecule has 17 heavy (non-hydrogen) atoms. The molecule has 0 aromatic rings. The fourth-order valence-corrected chi connectivity index (χ4v) is 4.71. The largest absolute Gasteiger partial charge is 0.314 e. The maximum atomic E-state index is 3.48. The lowest BCUT2D eigenvalue weighted by molar-refractivity contribution is 0.0614. The van der Waals surface area contributed by atoms with E-state index in [4.69, 9.17) is 0 Å². The number of hydrogen-bond acceptors (Lipinski definition) is 3. The van der Waals surface area contributed by atoms with Gasteiger partial charge in [0.1, 0.15) is 0 Å². The third kappa shape index (κ3) is 1.74. The van der Waals surface area contributed by atoms with Gasteiger partial charge < -0.3 is 5.32 Å². The second-order valence-electron chi connectivity index (χ2n) is 6.53. The minimum absolute atomic E-state index is 0.901. The first-order valence-electron chi connectivity index (χ1n) is 7.60. The average molecular weight is 235 g/mol. The second kappa shape index (κ2) is 4.22. The topological polar surface area (TPSA) is 18.5 Å². The fourth-order valence-electron chi connectivity index (χ4n) is 4.71. The molecule has 96 valence electrons. The summed E-state index contributed by atoms with van der Waals surface area (Å²) in [6, 6.07) is 1.86. The SMILES string of the molecule is C1CN(C2CCN3C[C@H]4CC[C@H]4C3C2)CCN1. The van der Waals surface area contributed by atoms with Gasteiger partial charge in [0.2, 0.25) is 0 Å². The molecule has 3 saturated heterocycles. The highest BCUT2D eigenvalue weighted by atomic mass is 15.3. The number of nitrogens with one attached hydrogen (secondary N) is 1. The number of hydrogen-bond donors (Lipinski definition) is 1. The third-order valence-corrected chi connectivity index (χ3v) is 5.84. The highest BCUT2D eigenvalue weighted by Gasteiger charge is 2.49. The van der Waals surface area contributed by atoms with E-state index in [1.54, 1.807) is 0 Å². The van der Waals surface area contributed by atoms with Crippen LogP contribution in [0.1, 0.15) is 25.7 Å². The maximum absolute atomic E-state index is 3.48. The van der Waals surface area contributed by atoms with Gasteiger partial charge in [-0.1, -0.05) is 0 Å². The number of rotatable bonds is 1. The molecule has 1 N–H and O–H groups in total. The monoisotopic (exact) mass is 235 g/mol. The van der Waals surface area contributed by atoms with Gasteiger partial charge in [-0.15, -0.1) is 0 Å². The van der Waals surface area contributed by atoms with E-state index in [0.717, 1.165) is 23.9 Å². The Bertz CT molecular complexity index is 287. The van der Waals surface area contributed by atoms with Gasteiger partial charge in [0, 0.05) is 44.8 Å². The van der Waals surface area contributed by atoms with Crippen LogP contribution in [0, 0.1) is 11.8 Å². The summed E-state index contributed by atoms with van der Waals surface area (Å²) < 4.78 is 0. The fraction of sp³-hybridized carbons (Fsp3) is 1.00. The van der Waals surface area contributed by atoms with E-state index in [1.165, 1.54) is 65.0 Å².